The van der Waals surface area contributed by atoms with Gasteiger partial charge in [-0.3, -0.25) is 14.9 Å². The van der Waals surface area contributed by atoms with Gasteiger partial charge in [0.05, 0.1) is 24.5 Å². The Morgan fingerprint density at radius 2 is 2.22 bits per heavy atom. The van der Waals surface area contributed by atoms with Gasteiger partial charge in [-0.25, -0.2) is 4.79 Å². The summed E-state index contributed by atoms with van der Waals surface area (Å²) in [6.07, 6.45) is 2.40. The van der Waals surface area contributed by atoms with Crippen LogP contribution < -0.4 is 16.0 Å². The van der Waals surface area contributed by atoms with Crippen molar-refractivity contribution in [2.24, 2.45) is 5.92 Å². The molecule has 3 heterocycles. The molecule has 27 heavy (non-hydrogen) atoms. The summed E-state index contributed by atoms with van der Waals surface area (Å²) < 4.78 is 10.6. The number of hydrogen-bond acceptors (Lipinski definition) is 8. The number of hydrogen-bond donors (Lipinski definition) is 3. The van der Waals surface area contributed by atoms with E-state index in [4.69, 9.17) is 8.83 Å². The standard InChI is InChI=1S/C16H19N5O5S/c1-9-11(14(23)19-15(24)18-9)4-5-13-20-21-16(26-13)27-8-12(22)17-7-10-3-2-6-25-10/h2-3,6,9,11H,4-5,7-8H2,1H3,(H,17,22)(H2,18,19,23,24). The van der Waals surface area contributed by atoms with Crippen LogP contribution in [0.15, 0.2) is 32.5 Å². The van der Waals surface area contributed by atoms with Crippen LogP contribution in [0.1, 0.15) is 25.0 Å². The molecule has 10 nitrogen and oxygen atoms in total. The van der Waals surface area contributed by atoms with E-state index in [1.54, 1.807) is 25.3 Å². The number of imide groups is 1. The summed E-state index contributed by atoms with van der Waals surface area (Å²) in [7, 11) is 0. The lowest BCUT2D eigenvalue weighted by Crippen LogP contribution is -2.57. The van der Waals surface area contributed by atoms with E-state index in [9.17, 15) is 14.4 Å². The van der Waals surface area contributed by atoms with Gasteiger partial charge in [0.15, 0.2) is 0 Å². The molecule has 1 fully saturated rings. The fourth-order valence-corrected chi connectivity index (χ4v) is 3.22. The van der Waals surface area contributed by atoms with Gasteiger partial charge in [-0.15, -0.1) is 10.2 Å². The van der Waals surface area contributed by atoms with Crippen LogP contribution in [0.4, 0.5) is 4.79 Å². The summed E-state index contributed by atoms with van der Waals surface area (Å²) in [6, 6.07) is 2.78. The molecule has 0 radical (unpaired) electrons. The molecule has 4 amide bonds. The fraction of sp³-hybridized carbons (Fsp3) is 0.438. The third-order valence-electron chi connectivity index (χ3n) is 4.02. The van der Waals surface area contributed by atoms with Gasteiger partial charge in [-0.05, 0) is 25.5 Å². The molecule has 2 aromatic rings. The van der Waals surface area contributed by atoms with Crippen LogP contribution in [0.5, 0.6) is 0 Å². The first-order valence-electron chi connectivity index (χ1n) is 8.37. The number of rotatable bonds is 8. The van der Waals surface area contributed by atoms with E-state index < -0.39 is 6.03 Å². The first-order chi connectivity index (χ1) is 13.0. The number of carbonyl (C=O) groups is 3. The van der Waals surface area contributed by atoms with Crippen LogP contribution in [-0.4, -0.2) is 39.8 Å². The summed E-state index contributed by atoms with van der Waals surface area (Å²) in [5.41, 5.74) is 0. The van der Waals surface area contributed by atoms with Crippen molar-refractivity contribution in [1.29, 1.82) is 0 Å². The molecule has 0 spiro atoms. The summed E-state index contributed by atoms with van der Waals surface area (Å²) in [4.78, 5) is 34.9. The Hall–Kier alpha value is -2.82. The Morgan fingerprint density at radius 1 is 1.37 bits per heavy atom. The Labute approximate surface area is 158 Å². The number of amides is 4. The van der Waals surface area contributed by atoms with Gasteiger partial charge in [-0.1, -0.05) is 11.8 Å². The molecule has 144 valence electrons. The van der Waals surface area contributed by atoms with Gasteiger partial charge < -0.3 is 19.5 Å². The van der Waals surface area contributed by atoms with Crippen LogP contribution in [-0.2, 0) is 22.6 Å². The smallest absolute Gasteiger partial charge is 0.321 e. The number of aryl methyl sites for hydroxylation is 1. The van der Waals surface area contributed by atoms with E-state index >= 15 is 0 Å². The third-order valence-corrected chi connectivity index (χ3v) is 4.84. The van der Waals surface area contributed by atoms with Crippen molar-refractivity contribution in [3.63, 3.8) is 0 Å². The van der Waals surface area contributed by atoms with Crippen molar-refractivity contribution in [2.75, 3.05) is 5.75 Å². The normalized spacial score (nSPS) is 19.4. The highest BCUT2D eigenvalue weighted by molar-refractivity contribution is 7.99. The molecule has 1 saturated heterocycles. The van der Waals surface area contributed by atoms with Gasteiger partial charge >= 0.3 is 6.03 Å². The lowest BCUT2D eigenvalue weighted by Gasteiger charge is -2.28. The highest BCUT2D eigenvalue weighted by Gasteiger charge is 2.32. The molecule has 3 rings (SSSR count). The Balaban J connectivity index is 1.41. The number of nitrogens with zero attached hydrogens (tertiary/aromatic N) is 2. The van der Waals surface area contributed by atoms with Gasteiger partial charge in [0, 0.05) is 12.5 Å². The summed E-state index contributed by atoms with van der Waals surface area (Å²) in [5, 5.41) is 15.7. The molecule has 1 aliphatic rings. The molecule has 2 atom stereocenters. The van der Waals surface area contributed by atoms with Crippen molar-refractivity contribution in [3.8, 4) is 0 Å². The van der Waals surface area contributed by atoms with Crippen molar-refractivity contribution >= 4 is 29.6 Å². The van der Waals surface area contributed by atoms with Gasteiger partial charge in [0.1, 0.15) is 5.76 Å². The lowest BCUT2D eigenvalue weighted by atomic mass is 9.93. The Kier molecular flexibility index (Phi) is 6.12. The van der Waals surface area contributed by atoms with Crippen molar-refractivity contribution in [1.82, 2.24) is 26.1 Å². The van der Waals surface area contributed by atoms with Crippen molar-refractivity contribution in [2.45, 2.75) is 37.6 Å². The predicted molar refractivity (Wildman–Crippen MR) is 93.5 cm³/mol. The minimum absolute atomic E-state index is 0.135. The fourth-order valence-electron chi connectivity index (χ4n) is 2.61. The minimum Gasteiger partial charge on any atom is -0.467 e. The minimum atomic E-state index is -0.481. The molecular formula is C16H19N5O5S. The number of thioether (sulfide) groups is 1. The summed E-state index contributed by atoms with van der Waals surface area (Å²) in [5.74, 6) is 0.332. The molecule has 0 aromatic carbocycles. The quantitative estimate of drug-likeness (QED) is 0.561. The maximum absolute atomic E-state index is 11.9. The monoisotopic (exact) mass is 393 g/mol. The highest BCUT2D eigenvalue weighted by Crippen LogP contribution is 2.19. The lowest BCUT2D eigenvalue weighted by molar-refractivity contribution is -0.125. The maximum atomic E-state index is 11.9. The second-order valence-electron chi connectivity index (χ2n) is 6.00. The van der Waals surface area contributed by atoms with E-state index in [-0.39, 0.29) is 34.7 Å². The zero-order chi connectivity index (χ0) is 19.2. The SMILES string of the molecule is CC1NC(=O)NC(=O)C1CCc1nnc(SCC(=O)NCc2ccco2)o1. The van der Waals surface area contributed by atoms with Crippen molar-refractivity contribution < 1.29 is 23.2 Å². The average molecular weight is 393 g/mol. The molecule has 3 N–H and O–H groups in total. The van der Waals surface area contributed by atoms with Gasteiger partial charge in [0.25, 0.3) is 5.22 Å². The maximum Gasteiger partial charge on any atom is 0.321 e. The van der Waals surface area contributed by atoms with Crippen molar-refractivity contribution in [3.05, 3.63) is 30.0 Å². The first kappa shape index (κ1) is 19.0. The number of nitrogens with one attached hydrogen (secondary N) is 3. The Morgan fingerprint density at radius 3 is 2.96 bits per heavy atom. The van der Waals surface area contributed by atoms with Gasteiger partial charge in [0.2, 0.25) is 17.7 Å². The number of furan rings is 1. The van der Waals surface area contributed by atoms with Crippen LogP contribution in [0.2, 0.25) is 0 Å². The number of carbonyl (C=O) groups excluding carboxylic acids is 3. The summed E-state index contributed by atoms with van der Waals surface area (Å²) >= 11 is 1.13. The Bertz CT molecular complexity index is 806. The largest absolute Gasteiger partial charge is 0.467 e. The second kappa shape index (κ2) is 8.71. The molecule has 1 aliphatic heterocycles. The zero-order valence-electron chi connectivity index (χ0n) is 14.6. The average Bonchev–Trinajstić information content (AvgIpc) is 3.29. The predicted octanol–water partition coefficient (Wildman–Crippen LogP) is 0.848. The van der Waals surface area contributed by atoms with Crippen LogP contribution in [0.3, 0.4) is 0 Å². The van der Waals surface area contributed by atoms with Gasteiger partial charge in [-0.2, -0.15) is 0 Å². The van der Waals surface area contributed by atoms with E-state index in [1.165, 1.54) is 0 Å². The van der Waals surface area contributed by atoms with Crippen LogP contribution in [0, 0.1) is 5.92 Å². The molecule has 2 aromatic heterocycles. The zero-order valence-corrected chi connectivity index (χ0v) is 15.4. The topological polar surface area (TPSA) is 139 Å². The number of urea groups is 1. The van der Waals surface area contributed by atoms with E-state index in [1.807, 2.05) is 0 Å². The summed E-state index contributed by atoms with van der Waals surface area (Å²) in [6.45, 7) is 2.09. The van der Waals surface area contributed by atoms with Crippen LogP contribution >= 0.6 is 11.8 Å². The number of aromatic nitrogens is 2. The van der Waals surface area contributed by atoms with E-state index in [0.717, 1.165) is 11.8 Å². The van der Waals surface area contributed by atoms with Crippen LogP contribution in [0.25, 0.3) is 0 Å². The molecule has 0 saturated carbocycles. The second-order valence-corrected chi connectivity index (χ2v) is 6.93. The highest BCUT2D eigenvalue weighted by atomic mass is 32.2. The molecular weight excluding hydrogens is 374 g/mol. The molecule has 11 heteroatoms. The first-order valence-corrected chi connectivity index (χ1v) is 9.35. The molecule has 0 aliphatic carbocycles. The van der Waals surface area contributed by atoms with E-state index in [2.05, 4.69) is 26.1 Å². The van der Waals surface area contributed by atoms with E-state index in [0.29, 0.717) is 31.0 Å². The third kappa shape index (κ3) is 5.33. The molecule has 2 unspecified atom stereocenters. The molecule has 0 bridgehead atoms.